The predicted molar refractivity (Wildman–Crippen MR) is 111 cm³/mol. The van der Waals surface area contributed by atoms with Gasteiger partial charge >= 0.3 is 0 Å². The van der Waals surface area contributed by atoms with Crippen LogP contribution in [0.3, 0.4) is 0 Å². The molecule has 1 aromatic heterocycles. The molecule has 0 saturated carbocycles. The van der Waals surface area contributed by atoms with Crippen LogP contribution in [0.5, 0.6) is 0 Å². The summed E-state index contributed by atoms with van der Waals surface area (Å²) in [6.07, 6.45) is 6.33. The quantitative estimate of drug-likeness (QED) is 0.855. The third-order valence-electron chi connectivity index (χ3n) is 6.98. The number of anilines is 2. The summed E-state index contributed by atoms with van der Waals surface area (Å²) >= 11 is 0. The Hall–Kier alpha value is -2.34. The van der Waals surface area contributed by atoms with Crippen molar-refractivity contribution >= 4 is 11.8 Å². The number of nitrogen functional groups attached to an aromatic ring is 1. The van der Waals surface area contributed by atoms with E-state index < -0.39 is 0 Å². The number of rotatable bonds is 3. The maximum atomic E-state index is 11.9. The van der Waals surface area contributed by atoms with Crippen LogP contribution in [0.1, 0.15) is 31.2 Å². The van der Waals surface area contributed by atoms with Crippen molar-refractivity contribution in [1.29, 1.82) is 0 Å². The number of piperidine rings is 3. The molecule has 0 amide bonds. The number of fused-ring (bicyclic) bond motifs is 4. The SMILES string of the molecule is Nc1nc(N2C[C@H]3C[C@@H](C2)[C@H](Cc2ccccc2)N2CCCC[C@@H]32)cc(=O)[nH]1. The summed E-state index contributed by atoms with van der Waals surface area (Å²) in [5.41, 5.74) is 7.07. The minimum Gasteiger partial charge on any atom is -0.369 e. The maximum Gasteiger partial charge on any atom is 0.254 e. The molecule has 0 aliphatic carbocycles. The number of aromatic amines is 1. The highest BCUT2D eigenvalue weighted by Crippen LogP contribution is 2.42. The maximum absolute atomic E-state index is 11.9. The number of H-pyrrole nitrogens is 1. The first-order chi connectivity index (χ1) is 13.7. The van der Waals surface area contributed by atoms with Gasteiger partial charge in [0.1, 0.15) is 5.82 Å². The fraction of sp³-hybridized carbons (Fsp3) is 0.545. The van der Waals surface area contributed by atoms with Gasteiger partial charge in [-0.2, -0.15) is 4.98 Å². The van der Waals surface area contributed by atoms with Crippen LogP contribution in [0.4, 0.5) is 11.8 Å². The van der Waals surface area contributed by atoms with E-state index in [9.17, 15) is 4.79 Å². The largest absolute Gasteiger partial charge is 0.369 e. The van der Waals surface area contributed by atoms with E-state index in [-0.39, 0.29) is 11.5 Å². The molecule has 4 heterocycles. The van der Waals surface area contributed by atoms with E-state index in [2.05, 4.69) is 50.1 Å². The van der Waals surface area contributed by atoms with Gasteiger partial charge in [0, 0.05) is 31.2 Å². The number of nitrogens with zero attached hydrogens (tertiary/aromatic N) is 3. The van der Waals surface area contributed by atoms with Crippen LogP contribution in [0.2, 0.25) is 0 Å². The van der Waals surface area contributed by atoms with Crippen molar-refractivity contribution < 1.29 is 0 Å². The molecule has 5 rings (SSSR count). The molecule has 3 N–H and O–H groups in total. The van der Waals surface area contributed by atoms with Crippen LogP contribution >= 0.6 is 0 Å². The Kier molecular flexibility index (Phi) is 4.59. The van der Waals surface area contributed by atoms with Gasteiger partial charge < -0.3 is 10.6 Å². The Morgan fingerprint density at radius 1 is 1.14 bits per heavy atom. The molecular weight excluding hydrogens is 350 g/mol. The standard InChI is InChI=1S/C22H29N5O/c23-22-24-20(12-21(28)25-22)26-13-16-11-17(14-26)19(10-15-6-2-1-3-7-15)27-9-5-4-8-18(16)27/h1-3,6-7,12,16-19H,4-5,8-11,13-14H2,(H3,23,24,25,28)/t16-,17+,18+,19+/m1/s1. The minimum absolute atomic E-state index is 0.168. The average Bonchev–Trinajstić information content (AvgIpc) is 2.71. The lowest BCUT2D eigenvalue weighted by atomic mass is 9.71. The number of nitrogens with one attached hydrogen (secondary N) is 1. The first-order valence-corrected chi connectivity index (χ1v) is 10.6. The molecule has 2 aromatic rings. The summed E-state index contributed by atoms with van der Waals surface area (Å²) in [6, 6.07) is 13.7. The second kappa shape index (κ2) is 7.24. The van der Waals surface area contributed by atoms with Crippen molar-refractivity contribution in [1.82, 2.24) is 14.9 Å². The zero-order valence-electron chi connectivity index (χ0n) is 16.3. The van der Waals surface area contributed by atoms with Crippen molar-refractivity contribution in [3.63, 3.8) is 0 Å². The summed E-state index contributed by atoms with van der Waals surface area (Å²) in [7, 11) is 0. The number of hydrogen-bond acceptors (Lipinski definition) is 5. The van der Waals surface area contributed by atoms with Gasteiger partial charge in [-0.05, 0) is 49.6 Å². The van der Waals surface area contributed by atoms with Crippen LogP contribution in [0.25, 0.3) is 0 Å². The van der Waals surface area contributed by atoms with Crippen LogP contribution in [0.15, 0.2) is 41.2 Å². The first kappa shape index (κ1) is 17.7. The van der Waals surface area contributed by atoms with Crippen molar-refractivity contribution in [2.45, 2.75) is 44.2 Å². The molecule has 1 aromatic carbocycles. The number of nitrogens with two attached hydrogens (primary N) is 1. The zero-order valence-corrected chi connectivity index (χ0v) is 16.3. The van der Waals surface area contributed by atoms with E-state index in [4.69, 9.17) is 5.73 Å². The molecule has 0 spiro atoms. The van der Waals surface area contributed by atoms with Crippen molar-refractivity contribution in [3.05, 3.63) is 52.3 Å². The Morgan fingerprint density at radius 2 is 1.96 bits per heavy atom. The summed E-state index contributed by atoms with van der Waals surface area (Å²) in [6.45, 7) is 3.16. The van der Waals surface area contributed by atoms with Crippen LogP contribution < -0.4 is 16.2 Å². The molecule has 3 fully saturated rings. The van der Waals surface area contributed by atoms with Gasteiger partial charge in [-0.1, -0.05) is 36.8 Å². The Bertz CT molecular complexity index is 882. The van der Waals surface area contributed by atoms with Crippen molar-refractivity contribution in [2.24, 2.45) is 11.8 Å². The van der Waals surface area contributed by atoms with Crippen LogP contribution in [-0.4, -0.2) is 46.6 Å². The summed E-state index contributed by atoms with van der Waals surface area (Å²) in [5, 5.41) is 0. The number of aromatic nitrogens is 2. The highest BCUT2D eigenvalue weighted by atomic mass is 16.1. The van der Waals surface area contributed by atoms with Crippen molar-refractivity contribution in [2.75, 3.05) is 30.3 Å². The summed E-state index contributed by atoms with van der Waals surface area (Å²) < 4.78 is 0. The van der Waals surface area contributed by atoms with Gasteiger partial charge in [0.15, 0.2) is 0 Å². The second-order valence-corrected chi connectivity index (χ2v) is 8.71. The van der Waals surface area contributed by atoms with Gasteiger partial charge in [0.2, 0.25) is 5.95 Å². The average molecular weight is 380 g/mol. The monoisotopic (exact) mass is 379 g/mol. The number of hydrogen-bond donors (Lipinski definition) is 2. The second-order valence-electron chi connectivity index (χ2n) is 8.71. The summed E-state index contributed by atoms with van der Waals surface area (Å²) in [5.74, 6) is 2.18. The summed E-state index contributed by atoms with van der Waals surface area (Å²) in [4.78, 5) is 24.1. The molecule has 3 aliphatic rings. The highest BCUT2D eigenvalue weighted by molar-refractivity contribution is 5.42. The lowest BCUT2D eigenvalue weighted by molar-refractivity contribution is -0.0318. The topological polar surface area (TPSA) is 78.2 Å². The van der Waals surface area contributed by atoms with E-state index >= 15 is 0 Å². The van der Waals surface area contributed by atoms with E-state index in [1.807, 2.05) is 0 Å². The molecule has 2 bridgehead atoms. The molecule has 6 nitrogen and oxygen atoms in total. The molecule has 4 atom stereocenters. The van der Waals surface area contributed by atoms with Crippen molar-refractivity contribution in [3.8, 4) is 0 Å². The Balaban J connectivity index is 1.45. The van der Waals surface area contributed by atoms with E-state index in [1.54, 1.807) is 6.07 Å². The molecule has 0 radical (unpaired) electrons. The Labute approximate surface area is 165 Å². The van der Waals surface area contributed by atoms with Gasteiger partial charge in [-0.3, -0.25) is 14.7 Å². The molecular formula is C22H29N5O. The fourth-order valence-electron chi connectivity index (χ4n) is 5.86. The third-order valence-corrected chi connectivity index (χ3v) is 6.98. The lowest BCUT2D eigenvalue weighted by Crippen LogP contribution is -2.64. The normalized spacial score (nSPS) is 30.1. The number of benzene rings is 1. The molecule has 28 heavy (non-hydrogen) atoms. The highest BCUT2D eigenvalue weighted by Gasteiger charge is 2.47. The Morgan fingerprint density at radius 3 is 2.79 bits per heavy atom. The van der Waals surface area contributed by atoms with E-state index in [0.29, 0.717) is 23.9 Å². The minimum atomic E-state index is -0.168. The predicted octanol–water partition coefficient (Wildman–Crippen LogP) is 2.27. The van der Waals surface area contributed by atoms with Crippen LogP contribution in [-0.2, 0) is 6.42 Å². The zero-order chi connectivity index (χ0) is 19.1. The molecule has 0 unspecified atom stereocenters. The van der Waals surface area contributed by atoms with Gasteiger partial charge in [-0.25, -0.2) is 0 Å². The smallest absolute Gasteiger partial charge is 0.254 e. The van der Waals surface area contributed by atoms with Gasteiger partial charge in [0.05, 0.1) is 0 Å². The van der Waals surface area contributed by atoms with E-state index in [1.165, 1.54) is 37.8 Å². The van der Waals surface area contributed by atoms with Crippen LogP contribution in [0, 0.1) is 11.8 Å². The molecule has 148 valence electrons. The molecule has 6 heteroatoms. The van der Waals surface area contributed by atoms with Gasteiger partial charge in [-0.15, -0.1) is 0 Å². The fourth-order valence-corrected chi connectivity index (χ4v) is 5.86. The lowest BCUT2D eigenvalue weighted by Gasteiger charge is -2.57. The van der Waals surface area contributed by atoms with E-state index in [0.717, 1.165) is 25.3 Å². The van der Waals surface area contributed by atoms with Gasteiger partial charge in [0.25, 0.3) is 5.56 Å². The molecule has 3 aliphatic heterocycles. The first-order valence-electron chi connectivity index (χ1n) is 10.6. The molecule has 3 saturated heterocycles. The third kappa shape index (κ3) is 3.30.